The quantitative estimate of drug-likeness (QED) is 0.748. The molecule has 0 heterocycles. The van der Waals surface area contributed by atoms with Gasteiger partial charge in [-0.25, -0.2) is 0 Å². The molecule has 3 heteroatoms. The van der Waals surface area contributed by atoms with E-state index in [2.05, 4.69) is 11.2 Å². The summed E-state index contributed by atoms with van der Waals surface area (Å²) in [4.78, 5) is 0. The molecule has 74 valence electrons. The Morgan fingerprint density at radius 1 is 1.64 bits per heavy atom. The highest BCUT2D eigenvalue weighted by Crippen LogP contribution is 2.21. The first-order chi connectivity index (χ1) is 6.63. The average Bonchev–Trinajstić information content (AvgIpc) is 2.19. The van der Waals surface area contributed by atoms with E-state index in [1.54, 1.807) is 18.2 Å². The van der Waals surface area contributed by atoms with E-state index in [1.807, 2.05) is 6.92 Å². The number of phenols is 1. The van der Waals surface area contributed by atoms with Crippen molar-refractivity contribution in [1.29, 1.82) is 0 Å². The summed E-state index contributed by atoms with van der Waals surface area (Å²) in [6.45, 7) is 2.39. The molecule has 2 N–H and O–H groups in total. The molecule has 0 aliphatic carbocycles. The molecule has 14 heavy (non-hydrogen) atoms. The topological polar surface area (TPSA) is 32.3 Å². The van der Waals surface area contributed by atoms with E-state index in [0.29, 0.717) is 11.6 Å². The number of benzene rings is 1. The molecule has 1 atom stereocenters. The summed E-state index contributed by atoms with van der Waals surface area (Å²) < 4.78 is 0. The lowest BCUT2D eigenvalue weighted by Crippen LogP contribution is -2.23. The number of nitrogens with one attached hydrogen (secondary N) is 1. The Labute approximate surface area is 88.9 Å². The summed E-state index contributed by atoms with van der Waals surface area (Å²) in [5, 5.41) is 13.1. The van der Waals surface area contributed by atoms with Crippen molar-refractivity contribution in [3.05, 3.63) is 28.8 Å². The maximum atomic E-state index is 9.47. The van der Waals surface area contributed by atoms with Gasteiger partial charge < -0.3 is 5.11 Å². The first kappa shape index (κ1) is 10.9. The van der Waals surface area contributed by atoms with Gasteiger partial charge in [-0.15, -0.1) is 6.42 Å². The van der Waals surface area contributed by atoms with E-state index in [1.165, 1.54) is 0 Å². The maximum Gasteiger partial charge on any atom is 0.120 e. The predicted octanol–water partition coefficient (Wildman–Crippen LogP) is 2.16. The Hall–Kier alpha value is -1.17. The third-order valence-corrected chi connectivity index (χ3v) is 2.13. The molecular formula is C11H12ClNO. The first-order valence-corrected chi connectivity index (χ1v) is 4.68. The number of hydrogen-bond donors (Lipinski definition) is 2. The molecule has 1 aromatic rings. The van der Waals surface area contributed by atoms with E-state index >= 15 is 0 Å². The van der Waals surface area contributed by atoms with Crippen molar-refractivity contribution in [2.24, 2.45) is 0 Å². The van der Waals surface area contributed by atoms with Crippen LogP contribution in [-0.4, -0.2) is 11.1 Å². The number of aromatic hydroxyl groups is 1. The normalized spacial score (nSPS) is 12.1. The summed E-state index contributed by atoms with van der Waals surface area (Å²) in [6, 6.07) is 4.91. The largest absolute Gasteiger partial charge is 0.508 e. The number of rotatable bonds is 3. The molecule has 0 amide bonds. The Bertz CT molecular complexity index is 357. The van der Waals surface area contributed by atoms with Crippen molar-refractivity contribution in [2.45, 2.75) is 19.5 Å². The monoisotopic (exact) mass is 209 g/mol. The fraction of sp³-hybridized carbons (Fsp3) is 0.273. The fourth-order valence-corrected chi connectivity index (χ4v) is 1.21. The smallest absolute Gasteiger partial charge is 0.120 e. The Kier molecular flexibility index (Phi) is 3.82. The van der Waals surface area contributed by atoms with Crippen molar-refractivity contribution < 1.29 is 5.11 Å². The van der Waals surface area contributed by atoms with Gasteiger partial charge in [-0.1, -0.05) is 17.5 Å². The van der Waals surface area contributed by atoms with Gasteiger partial charge in [0.15, 0.2) is 0 Å². The lowest BCUT2D eigenvalue weighted by atomic mass is 10.2. The average molecular weight is 210 g/mol. The summed E-state index contributed by atoms with van der Waals surface area (Å²) in [5.74, 6) is 2.77. The van der Waals surface area contributed by atoms with Crippen LogP contribution in [0.15, 0.2) is 18.2 Å². The standard InChI is InChI=1S/C11H12ClNO/c1-3-8(2)13-7-9-6-10(12)4-5-11(9)14/h1,4-6,8,13-14H,7H2,2H3. The minimum atomic E-state index is -0.0200. The van der Waals surface area contributed by atoms with Gasteiger partial charge in [0, 0.05) is 17.1 Å². The maximum absolute atomic E-state index is 9.47. The van der Waals surface area contributed by atoms with E-state index < -0.39 is 0 Å². The van der Waals surface area contributed by atoms with Crippen molar-refractivity contribution in [2.75, 3.05) is 0 Å². The molecule has 0 saturated heterocycles. The molecule has 1 rings (SSSR count). The molecule has 0 fully saturated rings. The van der Waals surface area contributed by atoms with Gasteiger partial charge >= 0.3 is 0 Å². The summed E-state index contributed by atoms with van der Waals surface area (Å²) in [5.41, 5.74) is 0.750. The van der Waals surface area contributed by atoms with Crippen LogP contribution in [0.2, 0.25) is 5.02 Å². The van der Waals surface area contributed by atoms with E-state index in [0.717, 1.165) is 5.56 Å². The third-order valence-electron chi connectivity index (χ3n) is 1.89. The van der Waals surface area contributed by atoms with Crippen LogP contribution >= 0.6 is 11.6 Å². The van der Waals surface area contributed by atoms with Crippen LogP contribution in [0.25, 0.3) is 0 Å². The molecule has 0 radical (unpaired) electrons. The van der Waals surface area contributed by atoms with Gasteiger partial charge in [0.25, 0.3) is 0 Å². The van der Waals surface area contributed by atoms with Gasteiger partial charge in [0.05, 0.1) is 6.04 Å². The predicted molar refractivity (Wildman–Crippen MR) is 58.3 cm³/mol. The molecule has 0 spiro atoms. The van der Waals surface area contributed by atoms with Crippen LogP contribution < -0.4 is 5.32 Å². The molecule has 0 saturated carbocycles. The zero-order valence-electron chi connectivity index (χ0n) is 7.92. The minimum Gasteiger partial charge on any atom is -0.508 e. The molecule has 0 aliphatic heterocycles. The molecule has 0 aliphatic rings. The highest BCUT2D eigenvalue weighted by atomic mass is 35.5. The second kappa shape index (κ2) is 4.90. The van der Waals surface area contributed by atoms with Crippen LogP contribution in [0, 0.1) is 12.3 Å². The van der Waals surface area contributed by atoms with E-state index in [-0.39, 0.29) is 11.8 Å². The lowest BCUT2D eigenvalue weighted by Gasteiger charge is -2.09. The number of halogens is 1. The molecule has 0 aromatic heterocycles. The van der Waals surface area contributed by atoms with Crippen LogP contribution in [0.1, 0.15) is 12.5 Å². The van der Waals surface area contributed by atoms with Crippen LogP contribution in [0.5, 0.6) is 5.75 Å². The first-order valence-electron chi connectivity index (χ1n) is 4.30. The summed E-state index contributed by atoms with van der Waals surface area (Å²) in [6.07, 6.45) is 5.20. The summed E-state index contributed by atoms with van der Waals surface area (Å²) >= 11 is 5.79. The highest BCUT2D eigenvalue weighted by molar-refractivity contribution is 6.30. The van der Waals surface area contributed by atoms with Crippen LogP contribution in [0.4, 0.5) is 0 Å². The van der Waals surface area contributed by atoms with Gasteiger partial charge in [-0.3, -0.25) is 5.32 Å². The lowest BCUT2D eigenvalue weighted by molar-refractivity contribution is 0.463. The van der Waals surface area contributed by atoms with Crippen molar-refractivity contribution in [3.8, 4) is 18.1 Å². The van der Waals surface area contributed by atoms with Gasteiger partial charge in [-0.05, 0) is 25.1 Å². The van der Waals surface area contributed by atoms with Crippen molar-refractivity contribution in [1.82, 2.24) is 5.32 Å². The van der Waals surface area contributed by atoms with Gasteiger partial charge in [0.2, 0.25) is 0 Å². The van der Waals surface area contributed by atoms with Crippen molar-refractivity contribution >= 4 is 11.6 Å². The number of terminal acetylenes is 1. The minimum absolute atomic E-state index is 0.0200. The SMILES string of the molecule is C#CC(C)NCc1cc(Cl)ccc1O. The van der Waals surface area contributed by atoms with Gasteiger partial charge in [0.1, 0.15) is 5.75 Å². The van der Waals surface area contributed by atoms with Crippen molar-refractivity contribution in [3.63, 3.8) is 0 Å². The highest BCUT2D eigenvalue weighted by Gasteiger charge is 2.03. The second-order valence-corrected chi connectivity index (χ2v) is 3.48. The second-order valence-electron chi connectivity index (χ2n) is 3.04. The Balaban J connectivity index is 2.67. The summed E-state index contributed by atoms with van der Waals surface area (Å²) in [7, 11) is 0. The van der Waals surface area contributed by atoms with E-state index in [4.69, 9.17) is 18.0 Å². The molecular weight excluding hydrogens is 198 g/mol. The Morgan fingerprint density at radius 3 is 3.00 bits per heavy atom. The van der Waals surface area contributed by atoms with E-state index in [9.17, 15) is 5.11 Å². The molecule has 0 bridgehead atoms. The van der Waals surface area contributed by atoms with Gasteiger partial charge in [-0.2, -0.15) is 0 Å². The number of hydrogen-bond acceptors (Lipinski definition) is 2. The van der Waals surface area contributed by atoms with Crippen LogP contribution in [0.3, 0.4) is 0 Å². The zero-order valence-corrected chi connectivity index (χ0v) is 8.67. The molecule has 1 unspecified atom stereocenters. The van der Waals surface area contributed by atoms with Crippen LogP contribution in [-0.2, 0) is 6.54 Å². The zero-order chi connectivity index (χ0) is 10.6. The third kappa shape index (κ3) is 2.95. The number of phenolic OH excluding ortho intramolecular Hbond substituents is 1. The fourth-order valence-electron chi connectivity index (χ4n) is 1.02. The molecule has 1 aromatic carbocycles. The molecule has 2 nitrogen and oxygen atoms in total. The Morgan fingerprint density at radius 2 is 2.36 bits per heavy atom.